The van der Waals surface area contributed by atoms with E-state index >= 15 is 0 Å². The Kier molecular flexibility index (Phi) is 4.15. The molecule has 2 radical (unpaired) electrons. The lowest BCUT2D eigenvalue weighted by atomic mass is 10.1. The van der Waals surface area contributed by atoms with Gasteiger partial charge < -0.3 is 5.32 Å². The molecule has 0 spiro atoms. The van der Waals surface area contributed by atoms with Crippen molar-refractivity contribution in [3.8, 4) is 0 Å². The first-order valence-corrected chi connectivity index (χ1v) is 7.64. The molecule has 1 amide bonds. The number of hydrogen-bond acceptors (Lipinski definition) is 1. The minimum Gasteiger partial charge on any atom is -0.356 e. The van der Waals surface area contributed by atoms with Gasteiger partial charge in [-0.3, -0.25) is 4.79 Å². The zero-order chi connectivity index (χ0) is 13.0. The van der Waals surface area contributed by atoms with Crippen LogP contribution >= 0.6 is 0 Å². The third-order valence-electron chi connectivity index (χ3n) is 2.98. The summed E-state index contributed by atoms with van der Waals surface area (Å²) in [5.74, 6) is 0.0318. The quantitative estimate of drug-likeness (QED) is 0.831. The minimum absolute atomic E-state index is 0.0318. The summed E-state index contributed by atoms with van der Waals surface area (Å²) in [5, 5.41) is 6.79. The van der Waals surface area contributed by atoms with Crippen LogP contribution in [0.1, 0.15) is 12.5 Å². The van der Waals surface area contributed by atoms with Gasteiger partial charge in [0.1, 0.15) is 0 Å². The summed E-state index contributed by atoms with van der Waals surface area (Å²) < 4.78 is 0. The second kappa shape index (κ2) is 5.82. The highest BCUT2D eigenvalue weighted by Crippen LogP contribution is 2.15. The maximum atomic E-state index is 10.8. The molecule has 3 heteroatoms. The Bertz CT molecular complexity index is 565. The monoisotopic (exact) mass is 255 g/mol. The van der Waals surface area contributed by atoms with Crippen LogP contribution in [-0.4, -0.2) is 22.0 Å². The van der Waals surface area contributed by atoms with Gasteiger partial charge in [-0.1, -0.05) is 48.1 Å². The molecule has 2 aromatic rings. The molecule has 0 unspecified atom stereocenters. The van der Waals surface area contributed by atoms with Gasteiger partial charge in [0.15, 0.2) is 0 Å². The SMILES string of the molecule is C[Si]c1ccc2cc(CCNC(C)=O)ccc2c1. The van der Waals surface area contributed by atoms with Gasteiger partial charge in [0.25, 0.3) is 0 Å². The second-order valence-corrected chi connectivity index (χ2v) is 5.46. The average molecular weight is 255 g/mol. The highest BCUT2D eigenvalue weighted by Gasteiger charge is 1.99. The van der Waals surface area contributed by atoms with Crippen molar-refractivity contribution in [2.75, 3.05) is 6.54 Å². The van der Waals surface area contributed by atoms with Crippen molar-refractivity contribution in [1.82, 2.24) is 5.32 Å². The number of fused-ring (bicyclic) bond motifs is 1. The zero-order valence-electron chi connectivity index (χ0n) is 10.8. The Labute approximate surface area is 110 Å². The summed E-state index contributed by atoms with van der Waals surface area (Å²) in [4.78, 5) is 10.8. The lowest BCUT2D eigenvalue weighted by molar-refractivity contribution is -0.118. The van der Waals surface area contributed by atoms with E-state index in [1.807, 2.05) is 0 Å². The van der Waals surface area contributed by atoms with Crippen LogP contribution in [0, 0.1) is 0 Å². The summed E-state index contributed by atoms with van der Waals surface area (Å²) in [7, 11) is 0.840. The van der Waals surface area contributed by atoms with Crippen molar-refractivity contribution in [3.05, 3.63) is 42.0 Å². The molecule has 2 aromatic carbocycles. The van der Waals surface area contributed by atoms with Gasteiger partial charge in [-0.15, -0.1) is 0 Å². The van der Waals surface area contributed by atoms with Crippen molar-refractivity contribution < 1.29 is 4.79 Å². The van der Waals surface area contributed by atoms with Gasteiger partial charge in [-0.2, -0.15) is 0 Å². The molecule has 0 fully saturated rings. The van der Waals surface area contributed by atoms with E-state index in [0.29, 0.717) is 6.54 Å². The van der Waals surface area contributed by atoms with Gasteiger partial charge in [0.2, 0.25) is 5.91 Å². The third-order valence-corrected chi connectivity index (χ3v) is 3.87. The van der Waals surface area contributed by atoms with Crippen LogP contribution < -0.4 is 10.5 Å². The molecule has 92 valence electrons. The largest absolute Gasteiger partial charge is 0.356 e. The molecule has 18 heavy (non-hydrogen) atoms. The predicted octanol–water partition coefficient (Wildman–Crippen LogP) is 1.90. The Hall–Kier alpha value is -1.61. The molecule has 0 aliphatic rings. The van der Waals surface area contributed by atoms with Crippen LogP contribution in [0.2, 0.25) is 6.55 Å². The van der Waals surface area contributed by atoms with Gasteiger partial charge in [-0.25, -0.2) is 0 Å². The normalized spacial score (nSPS) is 10.6. The zero-order valence-corrected chi connectivity index (χ0v) is 11.8. The van der Waals surface area contributed by atoms with Gasteiger partial charge in [0, 0.05) is 13.5 Å². The number of amides is 1. The number of carbonyl (C=O) groups is 1. The van der Waals surface area contributed by atoms with Gasteiger partial charge in [0.05, 0.1) is 9.52 Å². The molecule has 2 nitrogen and oxygen atoms in total. The lowest BCUT2D eigenvalue weighted by Crippen LogP contribution is -2.22. The summed E-state index contributed by atoms with van der Waals surface area (Å²) >= 11 is 0. The Morgan fingerprint density at radius 3 is 2.61 bits per heavy atom. The molecule has 1 N–H and O–H groups in total. The molecule has 0 saturated carbocycles. The Balaban J connectivity index is 2.15. The van der Waals surface area contributed by atoms with E-state index in [4.69, 9.17) is 0 Å². The van der Waals surface area contributed by atoms with Gasteiger partial charge >= 0.3 is 0 Å². The van der Waals surface area contributed by atoms with Crippen molar-refractivity contribution in [3.63, 3.8) is 0 Å². The van der Waals surface area contributed by atoms with E-state index in [9.17, 15) is 4.79 Å². The van der Waals surface area contributed by atoms with Crippen LogP contribution in [0.5, 0.6) is 0 Å². The Morgan fingerprint density at radius 1 is 1.17 bits per heavy atom. The summed E-state index contributed by atoms with van der Waals surface area (Å²) in [5.41, 5.74) is 1.27. The van der Waals surface area contributed by atoms with Crippen molar-refractivity contribution in [2.24, 2.45) is 0 Å². The topological polar surface area (TPSA) is 29.1 Å². The van der Waals surface area contributed by atoms with E-state index < -0.39 is 0 Å². The second-order valence-electron chi connectivity index (χ2n) is 4.38. The van der Waals surface area contributed by atoms with E-state index in [0.717, 1.165) is 15.9 Å². The molecular formula is C15H17NOSi. The fourth-order valence-corrected chi connectivity index (χ4v) is 2.54. The van der Waals surface area contributed by atoms with Crippen LogP contribution in [0.15, 0.2) is 36.4 Å². The highest BCUT2D eigenvalue weighted by molar-refractivity contribution is 6.52. The van der Waals surface area contributed by atoms with Crippen LogP contribution in [0.25, 0.3) is 10.8 Å². The predicted molar refractivity (Wildman–Crippen MR) is 77.6 cm³/mol. The highest BCUT2D eigenvalue weighted by atomic mass is 28.2. The molecule has 0 atom stereocenters. The maximum absolute atomic E-state index is 10.8. The number of rotatable bonds is 4. The molecule has 0 heterocycles. The van der Waals surface area contributed by atoms with Crippen molar-refractivity contribution in [2.45, 2.75) is 19.9 Å². The average Bonchev–Trinajstić information content (AvgIpc) is 2.37. The van der Waals surface area contributed by atoms with E-state index in [2.05, 4.69) is 48.3 Å². The maximum Gasteiger partial charge on any atom is 0.216 e. The number of benzene rings is 2. The first-order valence-electron chi connectivity index (χ1n) is 6.14. The third kappa shape index (κ3) is 3.20. The Morgan fingerprint density at radius 2 is 1.89 bits per heavy atom. The first-order chi connectivity index (χ1) is 8.69. The lowest BCUT2D eigenvalue weighted by Gasteiger charge is -2.06. The fraction of sp³-hybridized carbons (Fsp3) is 0.267. The molecule has 0 aliphatic heterocycles. The molecule has 0 aromatic heterocycles. The van der Waals surface area contributed by atoms with Crippen LogP contribution in [0.4, 0.5) is 0 Å². The van der Waals surface area contributed by atoms with E-state index in [1.54, 1.807) is 6.92 Å². The summed E-state index contributed by atoms with van der Waals surface area (Å²) in [6.07, 6.45) is 0.882. The molecular weight excluding hydrogens is 238 g/mol. The standard InChI is InChI=1S/C15H17NOSi/c1-11(17)16-8-7-12-3-4-14-10-15(18-2)6-5-13(14)9-12/h3-6,9-10H,7-8H2,1-2H3,(H,16,17). The van der Waals surface area contributed by atoms with E-state index in [1.165, 1.54) is 21.5 Å². The first kappa shape index (κ1) is 12.8. The van der Waals surface area contributed by atoms with Crippen LogP contribution in [-0.2, 0) is 11.2 Å². The number of hydrogen-bond donors (Lipinski definition) is 1. The summed E-state index contributed by atoms with van der Waals surface area (Å²) in [6.45, 7) is 4.45. The molecule has 0 saturated heterocycles. The minimum atomic E-state index is 0.0318. The smallest absolute Gasteiger partial charge is 0.216 e. The van der Waals surface area contributed by atoms with Crippen LogP contribution in [0.3, 0.4) is 0 Å². The number of nitrogens with one attached hydrogen (secondary N) is 1. The molecule has 0 aliphatic carbocycles. The van der Waals surface area contributed by atoms with Crippen molar-refractivity contribution >= 4 is 31.4 Å². The van der Waals surface area contributed by atoms with Gasteiger partial charge in [-0.05, 0) is 22.8 Å². The molecule has 2 rings (SSSR count). The van der Waals surface area contributed by atoms with Crippen molar-refractivity contribution in [1.29, 1.82) is 0 Å². The molecule has 0 bridgehead atoms. The number of carbonyl (C=O) groups excluding carboxylic acids is 1. The van der Waals surface area contributed by atoms with E-state index in [-0.39, 0.29) is 5.91 Å². The summed E-state index contributed by atoms with van der Waals surface area (Å²) in [6, 6.07) is 13.2. The fourth-order valence-electron chi connectivity index (χ4n) is 1.99.